The van der Waals surface area contributed by atoms with Crippen molar-refractivity contribution in [1.29, 1.82) is 0 Å². The van der Waals surface area contributed by atoms with E-state index >= 15 is 0 Å². The molecule has 1 aliphatic rings. The van der Waals surface area contributed by atoms with E-state index < -0.39 is 0 Å². The molecule has 0 aliphatic carbocycles. The first-order valence-corrected chi connectivity index (χ1v) is 2.11. The van der Waals surface area contributed by atoms with E-state index in [0.29, 0.717) is 0 Å². The molecule has 0 bridgehead atoms. The highest BCUT2D eigenvalue weighted by Gasteiger charge is 1.93. The second-order valence-corrected chi connectivity index (χ2v) is 1.29. The third-order valence-corrected chi connectivity index (χ3v) is 0.777. The minimum atomic E-state index is 0.0486. The first-order chi connectivity index (χ1) is 3.43. The zero-order chi connectivity index (χ0) is 5.11. The molecule has 1 rings (SSSR count). The Bertz CT molecular complexity index is 115. The predicted octanol–water partition coefficient (Wildman–Crippen LogP) is -0.00570. The quantitative estimate of drug-likeness (QED) is 0.489. The number of rotatable bonds is 1. The van der Waals surface area contributed by atoms with Crippen LogP contribution in [-0.4, -0.2) is 11.7 Å². The van der Waals surface area contributed by atoms with Crippen LogP contribution in [0.25, 0.3) is 0 Å². The fourth-order valence-corrected chi connectivity index (χ4v) is 0.429. The van der Waals surface area contributed by atoms with Crippen LogP contribution < -0.4 is 5.32 Å². The lowest BCUT2D eigenvalue weighted by molar-refractivity contribution is 0.325. The van der Waals surface area contributed by atoms with Crippen molar-refractivity contribution < 1.29 is 5.11 Å². The van der Waals surface area contributed by atoms with Crippen LogP contribution in [0.1, 0.15) is 0 Å². The Morgan fingerprint density at radius 1 is 1.71 bits per heavy atom. The second-order valence-electron chi connectivity index (χ2n) is 1.29. The predicted molar refractivity (Wildman–Crippen MR) is 26.4 cm³/mol. The third-order valence-electron chi connectivity index (χ3n) is 0.777. The topological polar surface area (TPSA) is 34.3 Å². The van der Waals surface area contributed by atoms with Crippen LogP contribution in [0.4, 0.5) is 0 Å². The summed E-state index contributed by atoms with van der Waals surface area (Å²) in [5.74, 6) is 0. The molecule has 0 aromatic carbocycles. The molecule has 2 nitrogen and oxygen atoms in total. The number of allylic oxidation sites excluding steroid dienone is 2. The van der Waals surface area contributed by atoms with E-state index in [0.717, 1.165) is 5.70 Å². The summed E-state index contributed by atoms with van der Waals surface area (Å²) in [6.45, 7) is 0.0486. The largest absolute Gasteiger partial charge is 0.390 e. The summed E-state index contributed by atoms with van der Waals surface area (Å²) in [4.78, 5) is 0. The average molecular weight is 96.1 g/mol. The Hall–Kier alpha value is -0.760. The van der Waals surface area contributed by atoms with Crippen molar-refractivity contribution in [2.75, 3.05) is 6.61 Å². The molecule has 1 radical (unpaired) electrons. The van der Waals surface area contributed by atoms with Gasteiger partial charge in [0, 0.05) is 6.20 Å². The van der Waals surface area contributed by atoms with Gasteiger partial charge in [0.1, 0.15) is 0 Å². The fourth-order valence-electron chi connectivity index (χ4n) is 0.429. The average Bonchev–Trinajstić information content (AvgIpc) is 2.14. The van der Waals surface area contributed by atoms with Crippen molar-refractivity contribution in [3.8, 4) is 0 Å². The third kappa shape index (κ3) is 0.810. The van der Waals surface area contributed by atoms with Crippen molar-refractivity contribution in [1.82, 2.24) is 5.32 Å². The van der Waals surface area contributed by atoms with Gasteiger partial charge in [0.25, 0.3) is 0 Å². The van der Waals surface area contributed by atoms with E-state index in [2.05, 4.69) is 5.32 Å². The minimum Gasteiger partial charge on any atom is -0.390 e. The van der Waals surface area contributed by atoms with Crippen molar-refractivity contribution in [2.24, 2.45) is 0 Å². The van der Waals surface area contributed by atoms with Gasteiger partial charge in [0.15, 0.2) is 0 Å². The molecular formula is C5H6NO. The Kier molecular flexibility index (Phi) is 1.13. The van der Waals surface area contributed by atoms with Crippen LogP contribution in [-0.2, 0) is 0 Å². The van der Waals surface area contributed by atoms with Crippen LogP contribution >= 0.6 is 0 Å². The number of aliphatic hydroxyl groups is 1. The van der Waals surface area contributed by atoms with E-state index in [1.54, 1.807) is 18.4 Å². The first-order valence-electron chi connectivity index (χ1n) is 2.11. The first kappa shape index (κ1) is 4.40. The highest BCUT2D eigenvalue weighted by Crippen LogP contribution is 1.96. The lowest BCUT2D eigenvalue weighted by atomic mass is 10.5. The molecule has 0 amide bonds. The number of nitrogens with zero attached hydrogens (tertiary/aromatic N) is 1. The Morgan fingerprint density at radius 3 is 2.86 bits per heavy atom. The molecule has 0 aromatic heterocycles. The van der Waals surface area contributed by atoms with Gasteiger partial charge in [0.2, 0.25) is 0 Å². The Balaban J connectivity index is 2.45. The van der Waals surface area contributed by atoms with E-state index in [9.17, 15) is 0 Å². The van der Waals surface area contributed by atoms with Crippen molar-refractivity contribution in [3.63, 3.8) is 0 Å². The molecule has 0 saturated carbocycles. The molecular weight excluding hydrogens is 90.1 g/mol. The Labute approximate surface area is 42.2 Å². The smallest absolute Gasteiger partial charge is 0.0852 e. The van der Waals surface area contributed by atoms with E-state index in [1.165, 1.54) is 0 Å². The van der Waals surface area contributed by atoms with Crippen LogP contribution in [0.5, 0.6) is 0 Å². The maximum atomic E-state index is 8.36. The lowest BCUT2D eigenvalue weighted by Crippen LogP contribution is -1.95. The van der Waals surface area contributed by atoms with Crippen LogP contribution in [0.3, 0.4) is 0 Å². The molecule has 1 N–H and O–H groups in total. The van der Waals surface area contributed by atoms with E-state index in [-0.39, 0.29) is 6.61 Å². The number of hydrogen-bond donors (Lipinski definition) is 1. The normalized spacial score (nSPS) is 16.4. The summed E-state index contributed by atoms with van der Waals surface area (Å²) >= 11 is 0. The fraction of sp³-hybridized carbons (Fsp3) is 0.200. The second kappa shape index (κ2) is 1.80. The molecule has 1 aliphatic heterocycles. The summed E-state index contributed by atoms with van der Waals surface area (Å²) in [6.07, 6.45) is 5.23. The highest BCUT2D eigenvalue weighted by molar-refractivity contribution is 5.19. The summed E-state index contributed by atoms with van der Waals surface area (Å²) in [5.41, 5.74) is 0.736. The summed E-state index contributed by atoms with van der Waals surface area (Å²) in [5, 5.41) is 12.1. The molecule has 0 spiro atoms. The van der Waals surface area contributed by atoms with Gasteiger partial charge in [-0.1, -0.05) is 0 Å². The lowest BCUT2D eigenvalue weighted by Gasteiger charge is -1.88. The van der Waals surface area contributed by atoms with E-state index in [1.807, 2.05) is 0 Å². The van der Waals surface area contributed by atoms with Gasteiger partial charge in [-0.25, -0.2) is 0 Å². The summed E-state index contributed by atoms with van der Waals surface area (Å²) < 4.78 is 0. The van der Waals surface area contributed by atoms with Gasteiger partial charge < -0.3 is 5.11 Å². The highest BCUT2D eigenvalue weighted by atomic mass is 16.3. The molecule has 2 heteroatoms. The maximum Gasteiger partial charge on any atom is 0.0852 e. The van der Waals surface area contributed by atoms with Crippen LogP contribution in [0.2, 0.25) is 0 Å². The van der Waals surface area contributed by atoms with Gasteiger partial charge in [-0.3, -0.25) is 5.32 Å². The van der Waals surface area contributed by atoms with Gasteiger partial charge in [-0.05, 0) is 12.2 Å². The minimum absolute atomic E-state index is 0.0486. The summed E-state index contributed by atoms with van der Waals surface area (Å²) in [6, 6.07) is 0. The van der Waals surface area contributed by atoms with Crippen molar-refractivity contribution in [3.05, 3.63) is 24.0 Å². The van der Waals surface area contributed by atoms with Crippen LogP contribution in [0, 0.1) is 0 Å². The molecule has 1 heterocycles. The molecule has 0 unspecified atom stereocenters. The van der Waals surface area contributed by atoms with Gasteiger partial charge in [-0.2, -0.15) is 0 Å². The number of hydrogen-bond acceptors (Lipinski definition) is 1. The SMILES string of the molecule is OCC1=CC=C[N]1. The summed E-state index contributed by atoms with van der Waals surface area (Å²) in [7, 11) is 0. The van der Waals surface area contributed by atoms with Crippen molar-refractivity contribution >= 4 is 0 Å². The standard InChI is InChI=1S/C5H6NO/c7-4-5-2-1-3-6-5/h1-3,7H,4H2. The molecule has 0 atom stereocenters. The zero-order valence-corrected chi connectivity index (χ0v) is 3.83. The van der Waals surface area contributed by atoms with Crippen LogP contribution in [0.15, 0.2) is 24.0 Å². The van der Waals surface area contributed by atoms with Crippen molar-refractivity contribution in [2.45, 2.75) is 0 Å². The van der Waals surface area contributed by atoms with Gasteiger partial charge in [-0.15, -0.1) is 0 Å². The molecule has 7 heavy (non-hydrogen) atoms. The Morgan fingerprint density at radius 2 is 2.57 bits per heavy atom. The number of aliphatic hydroxyl groups excluding tert-OH is 1. The van der Waals surface area contributed by atoms with Gasteiger partial charge >= 0.3 is 0 Å². The van der Waals surface area contributed by atoms with Gasteiger partial charge in [0.05, 0.1) is 12.3 Å². The van der Waals surface area contributed by atoms with E-state index in [4.69, 9.17) is 5.11 Å². The molecule has 0 fully saturated rings. The maximum absolute atomic E-state index is 8.36. The zero-order valence-electron chi connectivity index (χ0n) is 3.83. The molecule has 0 saturated heterocycles. The molecule has 0 aromatic rings. The molecule has 37 valence electrons. The monoisotopic (exact) mass is 96.0 g/mol.